The number of unbranched alkanes of at least 4 members (excludes halogenated alkanes) is 1. The van der Waals surface area contributed by atoms with Crippen LogP contribution in [0.25, 0.3) is 0 Å². The molecule has 0 aliphatic carbocycles. The number of urea groups is 1. The summed E-state index contributed by atoms with van der Waals surface area (Å²) in [4.78, 5) is 24.4. The fraction of sp³-hybridized carbons (Fsp3) is 0.500. The number of rotatable bonds is 9. The molecule has 7 heteroatoms. The Bertz CT molecular complexity index is 714. The van der Waals surface area contributed by atoms with Crippen LogP contribution >= 0.6 is 0 Å². The van der Waals surface area contributed by atoms with E-state index in [1.807, 2.05) is 26.0 Å². The summed E-state index contributed by atoms with van der Waals surface area (Å²) in [7, 11) is 1.33. The minimum absolute atomic E-state index is 0.356. The van der Waals surface area contributed by atoms with E-state index in [4.69, 9.17) is 14.2 Å². The number of hydrogen-bond donors (Lipinski definition) is 2. The highest BCUT2D eigenvalue weighted by Crippen LogP contribution is 2.35. The van der Waals surface area contributed by atoms with Gasteiger partial charge in [-0.1, -0.05) is 26.3 Å². The van der Waals surface area contributed by atoms with Crippen molar-refractivity contribution in [3.63, 3.8) is 0 Å². The number of amides is 2. The van der Waals surface area contributed by atoms with E-state index in [2.05, 4.69) is 17.6 Å². The highest BCUT2D eigenvalue weighted by atomic mass is 16.5. The molecule has 0 aromatic heterocycles. The summed E-state index contributed by atoms with van der Waals surface area (Å²) in [5, 5.41) is 5.49. The van der Waals surface area contributed by atoms with Crippen molar-refractivity contribution in [2.45, 2.75) is 46.1 Å². The summed E-state index contributed by atoms with van der Waals surface area (Å²) >= 11 is 0. The molecule has 0 saturated carbocycles. The Morgan fingerprint density at radius 3 is 2.56 bits per heavy atom. The van der Waals surface area contributed by atoms with Gasteiger partial charge in [0.2, 0.25) is 0 Å². The Labute approximate surface area is 160 Å². The maximum Gasteiger partial charge on any atom is 0.337 e. The van der Waals surface area contributed by atoms with Crippen molar-refractivity contribution in [2.75, 3.05) is 20.3 Å². The molecule has 0 saturated heterocycles. The van der Waals surface area contributed by atoms with Crippen molar-refractivity contribution < 1.29 is 23.8 Å². The van der Waals surface area contributed by atoms with Crippen molar-refractivity contribution in [3.05, 3.63) is 35.0 Å². The zero-order valence-electron chi connectivity index (χ0n) is 16.4. The molecule has 1 aliphatic rings. The quantitative estimate of drug-likeness (QED) is 0.509. The molecule has 148 valence electrons. The summed E-state index contributed by atoms with van der Waals surface area (Å²) < 4.78 is 16.5. The molecule has 7 nitrogen and oxygen atoms in total. The first kappa shape index (κ1) is 20.6. The van der Waals surface area contributed by atoms with Crippen molar-refractivity contribution in [3.8, 4) is 11.5 Å². The zero-order valence-corrected chi connectivity index (χ0v) is 16.4. The SMILES string of the molecule is CCCCOc1ccc(C2NC(=O)NC(CC)=C2C(=O)OC)cc1OCC. The predicted molar refractivity (Wildman–Crippen MR) is 102 cm³/mol. The summed E-state index contributed by atoms with van der Waals surface area (Å²) in [6.45, 7) is 6.95. The summed E-state index contributed by atoms with van der Waals surface area (Å²) in [5.74, 6) is 0.750. The average Bonchev–Trinajstić information content (AvgIpc) is 2.68. The molecule has 1 aliphatic heterocycles. The molecule has 0 fully saturated rings. The largest absolute Gasteiger partial charge is 0.490 e. The highest BCUT2D eigenvalue weighted by Gasteiger charge is 2.33. The fourth-order valence-corrected chi connectivity index (χ4v) is 2.92. The minimum Gasteiger partial charge on any atom is -0.490 e. The number of carbonyl (C=O) groups excluding carboxylic acids is 2. The number of hydrogen-bond acceptors (Lipinski definition) is 5. The smallest absolute Gasteiger partial charge is 0.337 e. The van der Waals surface area contributed by atoms with Gasteiger partial charge in [-0.15, -0.1) is 0 Å². The van der Waals surface area contributed by atoms with Gasteiger partial charge in [-0.2, -0.15) is 0 Å². The van der Waals surface area contributed by atoms with Gasteiger partial charge in [0.1, 0.15) is 0 Å². The molecule has 27 heavy (non-hydrogen) atoms. The molecule has 1 unspecified atom stereocenters. The topological polar surface area (TPSA) is 85.9 Å². The van der Waals surface area contributed by atoms with Gasteiger partial charge in [0.15, 0.2) is 11.5 Å². The van der Waals surface area contributed by atoms with E-state index in [9.17, 15) is 9.59 Å². The summed E-state index contributed by atoms with van der Waals surface area (Å²) in [6, 6.07) is 4.47. The number of ether oxygens (including phenoxy) is 3. The molecule has 1 aromatic rings. The normalized spacial score (nSPS) is 16.4. The minimum atomic E-state index is -0.620. The van der Waals surface area contributed by atoms with E-state index < -0.39 is 12.0 Å². The number of esters is 1. The van der Waals surface area contributed by atoms with E-state index >= 15 is 0 Å². The Morgan fingerprint density at radius 1 is 1.15 bits per heavy atom. The molecule has 1 heterocycles. The Morgan fingerprint density at radius 2 is 1.93 bits per heavy atom. The van der Waals surface area contributed by atoms with Crippen LogP contribution in [0, 0.1) is 0 Å². The van der Waals surface area contributed by atoms with Gasteiger partial charge in [-0.05, 0) is 37.5 Å². The highest BCUT2D eigenvalue weighted by molar-refractivity contribution is 5.95. The number of nitrogens with one attached hydrogen (secondary N) is 2. The molecule has 1 aromatic carbocycles. The number of carbonyl (C=O) groups is 2. The Hall–Kier alpha value is -2.70. The second-order valence-corrected chi connectivity index (χ2v) is 6.11. The molecule has 2 amide bonds. The summed E-state index contributed by atoms with van der Waals surface area (Å²) in [5.41, 5.74) is 1.67. The van der Waals surface area contributed by atoms with E-state index in [0.29, 0.717) is 42.4 Å². The first-order valence-corrected chi connectivity index (χ1v) is 9.34. The van der Waals surface area contributed by atoms with Gasteiger partial charge in [0.25, 0.3) is 0 Å². The lowest BCUT2D eigenvalue weighted by molar-refractivity contribution is -0.136. The van der Waals surface area contributed by atoms with Crippen LogP contribution in [-0.2, 0) is 9.53 Å². The van der Waals surface area contributed by atoms with E-state index in [0.717, 1.165) is 18.4 Å². The third-order valence-corrected chi connectivity index (χ3v) is 4.27. The van der Waals surface area contributed by atoms with Crippen LogP contribution in [0.1, 0.15) is 51.6 Å². The molecule has 1 atom stereocenters. The van der Waals surface area contributed by atoms with Crippen LogP contribution in [0.15, 0.2) is 29.5 Å². The van der Waals surface area contributed by atoms with Crippen LogP contribution < -0.4 is 20.1 Å². The van der Waals surface area contributed by atoms with Crippen LogP contribution in [-0.4, -0.2) is 32.3 Å². The summed E-state index contributed by atoms with van der Waals surface area (Å²) in [6.07, 6.45) is 2.49. The van der Waals surface area contributed by atoms with Crippen LogP contribution in [0.5, 0.6) is 11.5 Å². The second-order valence-electron chi connectivity index (χ2n) is 6.11. The van der Waals surface area contributed by atoms with Gasteiger partial charge < -0.3 is 24.8 Å². The lowest BCUT2D eigenvalue weighted by atomic mass is 9.94. The van der Waals surface area contributed by atoms with Crippen molar-refractivity contribution in [1.82, 2.24) is 10.6 Å². The lowest BCUT2D eigenvalue weighted by Crippen LogP contribution is -2.45. The van der Waals surface area contributed by atoms with Crippen LogP contribution in [0.4, 0.5) is 4.79 Å². The van der Waals surface area contributed by atoms with E-state index in [1.165, 1.54) is 7.11 Å². The third-order valence-electron chi connectivity index (χ3n) is 4.27. The second kappa shape index (κ2) is 9.85. The number of methoxy groups -OCH3 is 1. The molecule has 2 rings (SSSR count). The van der Waals surface area contributed by atoms with E-state index in [1.54, 1.807) is 6.07 Å². The monoisotopic (exact) mass is 376 g/mol. The van der Waals surface area contributed by atoms with Crippen molar-refractivity contribution in [2.24, 2.45) is 0 Å². The Kier molecular flexibility index (Phi) is 7.52. The number of benzene rings is 1. The van der Waals surface area contributed by atoms with Gasteiger partial charge in [-0.3, -0.25) is 0 Å². The molecule has 2 N–H and O–H groups in total. The van der Waals surface area contributed by atoms with Crippen molar-refractivity contribution >= 4 is 12.0 Å². The average molecular weight is 376 g/mol. The first-order valence-electron chi connectivity index (χ1n) is 9.34. The van der Waals surface area contributed by atoms with Gasteiger partial charge >= 0.3 is 12.0 Å². The molecule has 0 spiro atoms. The first-order chi connectivity index (χ1) is 13.0. The Balaban J connectivity index is 2.42. The van der Waals surface area contributed by atoms with Gasteiger partial charge in [0, 0.05) is 5.70 Å². The van der Waals surface area contributed by atoms with Crippen LogP contribution in [0.2, 0.25) is 0 Å². The standard InChI is InChI=1S/C20H28N2O5/c1-5-8-11-27-15-10-9-13(12-16(15)26-7-3)18-17(19(23)25-4)14(6-2)21-20(24)22-18/h9-10,12,18H,5-8,11H2,1-4H3,(H2,21,22,24). The lowest BCUT2D eigenvalue weighted by Gasteiger charge is -2.29. The molecule has 0 radical (unpaired) electrons. The fourth-order valence-electron chi connectivity index (χ4n) is 2.92. The van der Waals surface area contributed by atoms with Gasteiger partial charge in [0.05, 0.1) is 31.9 Å². The predicted octanol–water partition coefficient (Wildman–Crippen LogP) is 3.46. The maximum absolute atomic E-state index is 12.4. The third kappa shape index (κ3) is 4.93. The maximum atomic E-state index is 12.4. The van der Waals surface area contributed by atoms with Crippen molar-refractivity contribution in [1.29, 1.82) is 0 Å². The van der Waals surface area contributed by atoms with Crippen LogP contribution in [0.3, 0.4) is 0 Å². The number of allylic oxidation sites excluding steroid dienone is 1. The molecular weight excluding hydrogens is 348 g/mol. The molecule has 0 bridgehead atoms. The molecular formula is C20H28N2O5. The van der Waals surface area contributed by atoms with Gasteiger partial charge in [-0.25, -0.2) is 9.59 Å². The van der Waals surface area contributed by atoms with E-state index in [-0.39, 0.29) is 6.03 Å². The zero-order chi connectivity index (χ0) is 19.8.